The van der Waals surface area contributed by atoms with Gasteiger partial charge in [-0.05, 0) is 55.2 Å². The predicted molar refractivity (Wildman–Crippen MR) is 84.7 cm³/mol. The number of rotatable bonds is 5. The number of hydrogen-bond acceptors (Lipinski definition) is 2. The quantitative estimate of drug-likeness (QED) is 0.838. The molecule has 0 fully saturated rings. The molecule has 1 atom stereocenters. The van der Waals surface area contributed by atoms with Crippen LogP contribution in [0.3, 0.4) is 0 Å². The Morgan fingerprint density at radius 2 is 1.85 bits per heavy atom. The van der Waals surface area contributed by atoms with Gasteiger partial charge in [0.15, 0.2) is 0 Å². The number of aryl methyl sites for hydroxylation is 2. The Hall–Kier alpha value is -1.32. The molecule has 3 heteroatoms. The number of thioether (sulfide) groups is 1. The fourth-order valence-electron chi connectivity index (χ4n) is 2.14. The summed E-state index contributed by atoms with van der Waals surface area (Å²) in [5.74, 6) is 0.677. The molecule has 0 saturated heterocycles. The van der Waals surface area contributed by atoms with E-state index in [1.807, 2.05) is 25.1 Å². The molecule has 0 aliphatic rings. The lowest BCUT2D eigenvalue weighted by molar-refractivity contribution is 0.624. The first-order chi connectivity index (χ1) is 9.56. The topological polar surface area (TPSA) is 26.0 Å². The van der Waals surface area contributed by atoms with Gasteiger partial charge < -0.3 is 5.73 Å². The van der Waals surface area contributed by atoms with Crippen LogP contribution in [0.15, 0.2) is 47.4 Å². The molecule has 0 aliphatic carbocycles. The lowest BCUT2D eigenvalue weighted by atomic mass is 10.0. The number of halogens is 1. The van der Waals surface area contributed by atoms with Crippen LogP contribution in [0.2, 0.25) is 0 Å². The summed E-state index contributed by atoms with van der Waals surface area (Å²) in [7, 11) is 0. The van der Waals surface area contributed by atoms with Gasteiger partial charge in [0.25, 0.3) is 0 Å². The first-order valence-electron chi connectivity index (χ1n) is 6.75. The predicted octanol–water partition coefficient (Wildman–Crippen LogP) is 4.10. The monoisotopic (exact) mass is 289 g/mol. The molecule has 2 aromatic rings. The SMILES string of the molecule is Cc1cc(F)ccc1CC(N)CSc1ccccc1C. The van der Waals surface area contributed by atoms with Crippen LogP contribution in [-0.2, 0) is 6.42 Å². The van der Waals surface area contributed by atoms with Crippen molar-refractivity contribution in [3.63, 3.8) is 0 Å². The molecule has 0 aromatic heterocycles. The normalized spacial score (nSPS) is 12.4. The molecule has 1 unspecified atom stereocenters. The van der Waals surface area contributed by atoms with Crippen molar-refractivity contribution < 1.29 is 4.39 Å². The first kappa shape index (κ1) is 15.1. The van der Waals surface area contributed by atoms with E-state index < -0.39 is 0 Å². The van der Waals surface area contributed by atoms with Crippen LogP contribution in [0.5, 0.6) is 0 Å². The fourth-order valence-corrected chi connectivity index (χ4v) is 3.13. The van der Waals surface area contributed by atoms with Crippen molar-refractivity contribution in [2.75, 3.05) is 5.75 Å². The van der Waals surface area contributed by atoms with Gasteiger partial charge in [0.1, 0.15) is 5.82 Å². The summed E-state index contributed by atoms with van der Waals surface area (Å²) in [6.45, 7) is 4.04. The van der Waals surface area contributed by atoms with Gasteiger partial charge in [0, 0.05) is 16.7 Å². The molecule has 0 spiro atoms. The second-order valence-electron chi connectivity index (χ2n) is 5.11. The van der Waals surface area contributed by atoms with Crippen molar-refractivity contribution in [3.05, 3.63) is 65.0 Å². The van der Waals surface area contributed by atoms with Gasteiger partial charge >= 0.3 is 0 Å². The maximum absolute atomic E-state index is 13.1. The summed E-state index contributed by atoms with van der Waals surface area (Å²) >= 11 is 1.78. The van der Waals surface area contributed by atoms with E-state index in [0.29, 0.717) is 0 Å². The van der Waals surface area contributed by atoms with E-state index in [1.165, 1.54) is 16.5 Å². The summed E-state index contributed by atoms with van der Waals surface area (Å²) in [6.07, 6.45) is 0.783. The largest absolute Gasteiger partial charge is 0.327 e. The Bertz CT molecular complexity index is 583. The van der Waals surface area contributed by atoms with Crippen LogP contribution in [0.1, 0.15) is 16.7 Å². The minimum atomic E-state index is -0.186. The van der Waals surface area contributed by atoms with E-state index in [-0.39, 0.29) is 11.9 Å². The Balaban J connectivity index is 1.92. The van der Waals surface area contributed by atoms with Gasteiger partial charge in [0.05, 0.1) is 0 Å². The molecule has 2 N–H and O–H groups in total. The zero-order valence-electron chi connectivity index (χ0n) is 11.9. The molecule has 2 aromatic carbocycles. The third-order valence-electron chi connectivity index (χ3n) is 3.33. The second-order valence-corrected chi connectivity index (χ2v) is 6.17. The average molecular weight is 289 g/mol. The Morgan fingerprint density at radius 3 is 2.55 bits per heavy atom. The molecule has 0 radical (unpaired) electrons. The lowest BCUT2D eigenvalue weighted by Gasteiger charge is -2.14. The standard InChI is InChI=1S/C17H20FNS/c1-12-5-3-4-6-17(12)20-11-16(19)10-14-7-8-15(18)9-13(14)2/h3-9,16H,10-11,19H2,1-2H3. The molecule has 0 saturated carbocycles. The van der Waals surface area contributed by atoms with Crippen LogP contribution in [-0.4, -0.2) is 11.8 Å². The van der Waals surface area contributed by atoms with Crippen molar-refractivity contribution in [1.82, 2.24) is 0 Å². The summed E-state index contributed by atoms with van der Waals surface area (Å²) in [5.41, 5.74) is 9.58. The van der Waals surface area contributed by atoms with E-state index in [4.69, 9.17) is 5.73 Å². The molecule has 0 bridgehead atoms. The van der Waals surface area contributed by atoms with Crippen LogP contribution in [0.4, 0.5) is 4.39 Å². The van der Waals surface area contributed by atoms with E-state index in [1.54, 1.807) is 17.8 Å². The summed E-state index contributed by atoms with van der Waals surface area (Å²) in [4.78, 5) is 1.28. The zero-order valence-corrected chi connectivity index (χ0v) is 12.7. The third-order valence-corrected chi connectivity index (χ3v) is 4.70. The highest BCUT2D eigenvalue weighted by Crippen LogP contribution is 2.23. The Labute approximate surface area is 124 Å². The van der Waals surface area contributed by atoms with E-state index in [2.05, 4.69) is 19.1 Å². The molecule has 20 heavy (non-hydrogen) atoms. The van der Waals surface area contributed by atoms with Gasteiger partial charge in [-0.1, -0.05) is 24.3 Å². The highest BCUT2D eigenvalue weighted by atomic mass is 32.2. The van der Waals surface area contributed by atoms with Crippen molar-refractivity contribution in [1.29, 1.82) is 0 Å². The Morgan fingerprint density at radius 1 is 1.10 bits per heavy atom. The first-order valence-corrected chi connectivity index (χ1v) is 7.74. The molecule has 1 nitrogen and oxygen atoms in total. The van der Waals surface area contributed by atoms with Gasteiger partial charge in [-0.25, -0.2) is 4.39 Å². The lowest BCUT2D eigenvalue weighted by Crippen LogP contribution is -2.26. The van der Waals surface area contributed by atoms with Gasteiger partial charge in [0.2, 0.25) is 0 Å². The smallest absolute Gasteiger partial charge is 0.123 e. The molecule has 0 heterocycles. The number of nitrogens with two attached hydrogens (primary N) is 1. The maximum Gasteiger partial charge on any atom is 0.123 e. The summed E-state index contributed by atoms with van der Waals surface area (Å²) in [5, 5.41) is 0. The van der Waals surface area contributed by atoms with E-state index in [9.17, 15) is 4.39 Å². The van der Waals surface area contributed by atoms with Gasteiger partial charge in [-0.2, -0.15) is 0 Å². The molecule has 106 valence electrons. The molecule has 2 rings (SSSR count). The molecular formula is C17H20FNS. The third kappa shape index (κ3) is 4.09. The van der Waals surface area contributed by atoms with Crippen molar-refractivity contribution >= 4 is 11.8 Å². The summed E-state index contributed by atoms with van der Waals surface area (Å²) in [6, 6.07) is 13.3. The average Bonchev–Trinajstić information content (AvgIpc) is 2.41. The molecule has 0 amide bonds. The van der Waals surface area contributed by atoms with Crippen molar-refractivity contribution in [2.45, 2.75) is 31.2 Å². The van der Waals surface area contributed by atoms with Gasteiger partial charge in [-0.15, -0.1) is 11.8 Å². The minimum absolute atomic E-state index is 0.0729. The van der Waals surface area contributed by atoms with Crippen LogP contribution in [0, 0.1) is 19.7 Å². The molecular weight excluding hydrogens is 269 g/mol. The summed E-state index contributed by atoms with van der Waals surface area (Å²) < 4.78 is 13.1. The van der Waals surface area contributed by atoms with Crippen molar-refractivity contribution in [3.8, 4) is 0 Å². The van der Waals surface area contributed by atoms with Crippen molar-refractivity contribution in [2.24, 2.45) is 5.73 Å². The Kier molecular flexibility index (Phi) is 5.21. The van der Waals surface area contributed by atoms with Gasteiger partial charge in [-0.3, -0.25) is 0 Å². The second kappa shape index (κ2) is 6.91. The zero-order chi connectivity index (χ0) is 14.5. The fraction of sp³-hybridized carbons (Fsp3) is 0.294. The maximum atomic E-state index is 13.1. The van der Waals surface area contributed by atoms with E-state index in [0.717, 1.165) is 23.3 Å². The van der Waals surface area contributed by atoms with Crippen LogP contribution < -0.4 is 5.73 Å². The molecule has 0 aliphatic heterocycles. The minimum Gasteiger partial charge on any atom is -0.327 e. The highest BCUT2D eigenvalue weighted by Gasteiger charge is 2.08. The van der Waals surface area contributed by atoms with Crippen LogP contribution >= 0.6 is 11.8 Å². The van der Waals surface area contributed by atoms with E-state index >= 15 is 0 Å². The number of hydrogen-bond donors (Lipinski definition) is 1. The number of benzene rings is 2. The highest BCUT2D eigenvalue weighted by molar-refractivity contribution is 7.99. The van der Waals surface area contributed by atoms with Crippen LogP contribution in [0.25, 0.3) is 0 Å².